The number of nitrogens with zero attached hydrogens (tertiary/aromatic N) is 2. The van der Waals surface area contributed by atoms with E-state index in [0.717, 1.165) is 24.0 Å². The van der Waals surface area contributed by atoms with Gasteiger partial charge in [-0.1, -0.05) is 42.3 Å². The van der Waals surface area contributed by atoms with Crippen LogP contribution in [0.5, 0.6) is 0 Å². The minimum atomic E-state index is -0.186. The fraction of sp³-hybridized carbons (Fsp3) is 0.308. The zero-order chi connectivity index (χ0) is 23.5. The summed E-state index contributed by atoms with van der Waals surface area (Å²) >= 11 is 13.8. The normalized spacial score (nSPS) is 16.2. The van der Waals surface area contributed by atoms with Crippen LogP contribution >= 0.6 is 34.5 Å². The average molecular weight is 501 g/mol. The van der Waals surface area contributed by atoms with Gasteiger partial charge in [0, 0.05) is 33.1 Å². The predicted molar refractivity (Wildman–Crippen MR) is 135 cm³/mol. The highest BCUT2D eigenvalue weighted by Gasteiger charge is 2.34. The molecule has 1 aliphatic rings. The van der Waals surface area contributed by atoms with Crippen LogP contribution in [0.4, 0.5) is 0 Å². The van der Waals surface area contributed by atoms with Gasteiger partial charge in [-0.3, -0.25) is 9.59 Å². The summed E-state index contributed by atoms with van der Waals surface area (Å²) in [7, 11) is 0. The molecule has 4 nitrogen and oxygen atoms in total. The molecule has 0 aliphatic carbocycles. The van der Waals surface area contributed by atoms with E-state index >= 15 is 0 Å². The molecule has 172 valence electrons. The Kier molecular flexibility index (Phi) is 7.42. The second-order valence-electron chi connectivity index (χ2n) is 8.29. The molecule has 0 bridgehead atoms. The maximum absolute atomic E-state index is 13.7. The third kappa shape index (κ3) is 5.11. The Hall–Kier alpha value is -2.34. The number of hydrogen-bond donors (Lipinski definition) is 0. The molecule has 1 aromatic heterocycles. The van der Waals surface area contributed by atoms with Crippen LogP contribution < -0.4 is 0 Å². The first-order valence-electron chi connectivity index (χ1n) is 11.1. The van der Waals surface area contributed by atoms with Gasteiger partial charge in [0.2, 0.25) is 5.91 Å². The minimum absolute atomic E-state index is 0.0278. The molecule has 0 radical (unpaired) electrons. The lowest BCUT2D eigenvalue weighted by Crippen LogP contribution is -2.49. The molecule has 2 amide bonds. The number of rotatable bonds is 6. The van der Waals surface area contributed by atoms with Crippen LogP contribution in [0, 0.1) is 0 Å². The van der Waals surface area contributed by atoms with E-state index in [4.69, 9.17) is 23.2 Å². The number of amides is 2. The fourth-order valence-electron chi connectivity index (χ4n) is 4.23. The van der Waals surface area contributed by atoms with E-state index < -0.39 is 0 Å². The number of carbonyl (C=O) groups excluding carboxylic acids is 2. The third-order valence-electron chi connectivity index (χ3n) is 6.25. The van der Waals surface area contributed by atoms with Crippen LogP contribution in [0.1, 0.15) is 52.7 Å². The quantitative estimate of drug-likeness (QED) is 0.389. The van der Waals surface area contributed by atoms with Crippen LogP contribution in [0.25, 0.3) is 0 Å². The molecular formula is C26H26Cl2N2O2S. The molecule has 0 saturated heterocycles. The minimum Gasteiger partial charge on any atom is -0.330 e. The Balaban J connectivity index is 1.63. The van der Waals surface area contributed by atoms with E-state index in [0.29, 0.717) is 22.2 Å². The number of benzene rings is 2. The zero-order valence-corrected chi connectivity index (χ0v) is 21.0. The van der Waals surface area contributed by atoms with Gasteiger partial charge in [-0.25, -0.2) is 0 Å². The van der Waals surface area contributed by atoms with Gasteiger partial charge in [0.15, 0.2) is 0 Å². The summed E-state index contributed by atoms with van der Waals surface area (Å²) in [4.78, 5) is 31.9. The van der Waals surface area contributed by atoms with Gasteiger partial charge in [-0.2, -0.15) is 0 Å². The maximum Gasteiger partial charge on any atom is 0.254 e. The number of halogens is 2. The summed E-state index contributed by atoms with van der Waals surface area (Å²) in [5, 5.41) is 3.31. The lowest BCUT2D eigenvalue weighted by molar-refractivity contribution is -0.134. The van der Waals surface area contributed by atoms with Crippen molar-refractivity contribution in [3.8, 4) is 0 Å². The second-order valence-corrected chi connectivity index (χ2v) is 10.2. The molecule has 2 aromatic carbocycles. The number of thiophene rings is 1. The first kappa shape index (κ1) is 23.8. The van der Waals surface area contributed by atoms with Crippen molar-refractivity contribution in [2.24, 2.45) is 0 Å². The van der Waals surface area contributed by atoms with Crippen molar-refractivity contribution >= 4 is 46.4 Å². The molecule has 1 aliphatic heterocycles. The van der Waals surface area contributed by atoms with E-state index in [-0.39, 0.29) is 30.4 Å². The summed E-state index contributed by atoms with van der Waals surface area (Å²) in [5.74, 6) is -0.222. The van der Waals surface area contributed by atoms with Crippen LogP contribution in [0.3, 0.4) is 0 Å². The van der Waals surface area contributed by atoms with Crippen molar-refractivity contribution in [2.75, 3.05) is 13.1 Å². The molecule has 0 spiro atoms. The Morgan fingerprint density at radius 3 is 2.33 bits per heavy atom. The van der Waals surface area contributed by atoms with Gasteiger partial charge in [0.05, 0.1) is 6.04 Å². The first-order valence-corrected chi connectivity index (χ1v) is 12.7. The van der Waals surface area contributed by atoms with Crippen molar-refractivity contribution in [3.63, 3.8) is 0 Å². The molecule has 0 N–H and O–H groups in total. The monoisotopic (exact) mass is 500 g/mol. The molecule has 2 unspecified atom stereocenters. The van der Waals surface area contributed by atoms with Crippen LogP contribution in [-0.2, 0) is 11.2 Å². The first-order chi connectivity index (χ1) is 15.9. The Morgan fingerprint density at radius 2 is 1.70 bits per heavy atom. The summed E-state index contributed by atoms with van der Waals surface area (Å²) < 4.78 is 0. The summed E-state index contributed by atoms with van der Waals surface area (Å²) in [6, 6.07) is 16.3. The summed E-state index contributed by atoms with van der Waals surface area (Å²) in [6.07, 6.45) is 1.57. The van der Waals surface area contributed by atoms with Crippen molar-refractivity contribution < 1.29 is 9.59 Å². The number of carbonyl (C=O) groups is 2. The van der Waals surface area contributed by atoms with Crippen LogP contribution in [0.15, 0.2) is 60.0 Å². The van der Waals surface area contributed by atoms with E-state index in [2.05, 4.69) is 11.4 Å². The second kappa shape index (κ2) is 10.3. The van der Waals surface area contributed by atoms with Crippen LogP contribution in [-0.4, -0.2) is 40.7 Å². The smallest absolute Gasteiger partial charge is 0.254 e. The average Bonchev–Trinajstić information content (AvgIpc) is 3.31. The molecule has 4 rings (SSSR count). The maximum atomic E-state index is 13.7. The molecule has 2 atom stereocenters. The van der Waals surface area contributed by atoms with E-state index in [1.807, 2.05) is 43.0 Å². The van der Waals surface area contributed by atoms with E-state index in [1.54, 1.807) is 40.5 Å². The molecule has 0 saturated carbocycles. The van der Waals surface area contributed by atoms with Crippen LogP contribution in [0.2, 0.25) is 10.0 Å². The van der Waals surface area contributed by atoms with Gasteiger partial charge in [0.25, 0.3) is 5.91 Å². The molecule has 33 heavy (non-hydrogen) atoms. The highest BCUT2D eigenvalue weighted by atomic mass is 35.5. The Labute approximate surface area is 208 Å². The lowest BCUT2D eigenvalue weighted by Gasteiger charge is -2.38. The highest BCUT2D eigenvalue weighted by molar-refractivity contribution is 7.10. The fourth-order valence-corrected chi connectivity index (χ4v) is 5.39. The van der Waals surface area contributed by atoms with Crippen molar-refractivity contribution in [3.05, 3.63) is 91.6 Å². The van der Waals surface area contributed by atoms with Gasteiger partial charge >= 0.3 is 0 Å². The van der Waals surface area contributed by atoms with Gasteiger partial charge in [-0.05, 0) is 78.7 Å². The van der Waals surface area contributed by atoms with Crippen molar-refractivity contribution in [1.29, 1.82) is 0 Å². The van der Waals surface area contributed by atoms with E-state index in [1.165, 1.54) is 4.88 Å². The zero-order valence-electron chi connectivity index (χ0n) is 18.6. The van der Waals surface area contributed by atoms with E-state index in [9.17, 15) is 9.59 Å². The number of fused-ring (bicyclic) bond motifs is 1. The lowest BCUT2D eigenvalue weighted by atomic mass is 9.93. The molecule has 2 heterocycles. The molecular weight excluding hydrogens is 475 g/mol. The largest absolute Gasteiger partial charge is 0.330 e. The van der Waals surface area contributed by atoms with Crippen molar-refractivity contribution in [2.45, 2.75) is 38.8 Å². The van der Waals surface area contributed by atoms with Gasteiger partial charge < -0.3 is 9.80 Å². The molecule has 7 heteroatoms. The Bertz CT molecular complexity index is 1130. The highest BCUT2D eigenvalue weighted by Crippen LogP contribution is 2.38. The van der Waals surface area contributed by atoms with Crippen molar-refractivity contribution in [1.82, 2.24) is 9.80 Å². The van der Waals surface area contributed by atoms with Gasteiger partial charge in [0.1, 0.15) is 6.54 Å². The topological polar surface area (TPSA) is 40.6 Å². The van der Waals surface area contributed by atoms with Gasteiger partial charge in [-0.15, -0.1) is 11.3 Å². The predicted octanol–water partition coefficient (Wildman–Crippen LogP) is 6.47. The molecule has 3 aromatic rings. The standard InChI is InChI=1S/C26H26Cl2N2O2S/c1-3-17(2)30(26(32)19-6-10-21(28)11-7-19)16-24(31)29-14-12-23-22(13-15-33-23)25(29)18-4-8-20(27)9-5-18/h4-11,13,15,17,25H,3,12,14,16H2,1-2H3. The number of hydrogen-bond acceptors (Lipinski definition) is 3. The Morgan fingerprint density at radius 1 is 1.06 bits per heavy atom. The third-order valence-corrected chi connectivity index (χ3v) is 7.75. The molecule has 0 fully saturated rings. The summed E-state index contributed by atoms with van der Waals surface area (Å²) in [6.45, 7) is 4.64. The SMILES string of the molecule is CCC(C)N(CC(=O)N1CCc2sccc2C1c1ccc(Cl)cc1)C(=O)c1ccc(Cl)cc1. The summed E-state index contributed by atoms with van der Waals surface area (Å²) in [5.41, 5.74) is 2.70.